The lowest BCUT2D eigenvalue weighted by Gasteiger charge is -2.12. The third-order valence-corrected chi connectivity index (χ3v) is 4.00. The van der Waals surface area contributed by atoms with Crippen molar-refractivity contribution in [3.05, 3.63) is 64.3 Å². The first-order valence-electron chi connectivity index (χ1n) is 8.56. The number of nitro benzene ring substituents is 1. The predicted molar refractivity (Wildman–Crippen MR) is 102 cm³/mol. The van der Waals surface area contributed by atoms with Crippen molar-refractivity contribution in [2.24, 2.45) is 0 Å². The second-order valence-electron chi connectivity index (χ2n) is 5.81. The first-order valence-corrected chi connectivity index (χ1v) is 8.56. The van der Waals surface area contributed by atoms with Gasteiger partial charge in [0.15, 0.2) is 11.5 Å². The van der Waals surface area contributed by atoms with Crippen LogP contribution < -0.4 is 9.47 Å². The van der Waals surface area contributed by atoms with Gasteiger partial charge in [-0.1, -0.05) is 6.07 Å². The molecule has 28 heavy (non-hydrogen) atoms. The molecule has 3 rings (SSSR count). The maximum absolute atomic E-state index is 11.7. The number of ether oxygens (including phenoxy) is 3. The molecular formula is C20H18N2O6. The second kappa shape index (κ2) is 8.34. The zero-order chi connectivity index (χ0) is 20.1. The van der Waals surface area contributed by atoms with Gasteiger partial charge in [0.25, 0.3) is 0 Å². The van der Waals surface area contributed by atoms with E-state index < -0.39 is 4.92 Å². The Morgan fingerprint density at radius 2 is 1.93 bits per heavy atom. The van der Waals surface area contributed by atoms with E-state index in [4.69, 9.17) is 14.2 Å². The molecule has 0 aliphatic rings. The molecule has 8 heteroatoms. The summed E-state index contributed by atoms with van der Waals surface area (Å²) in [5.74, 6) is 0.363. The van der Waals surface area contributed by atoms with Gasteiger partial charge in [0.2, 0.25) is 5.75 Å². The van der Waals surface area contributed by atoms with Crippen LogP contribution in [0.3, 0.4) is 0 Å². The molecule has 8 nitrogen and oxygen atoms in total. The Kier molecular flexibility index (Phi) is 5.69. The van der Waals surface area contributed by atoms with E-state index >= 15 is 0 Å². The van der Waals surface area contributed by atoms with Crippen molar-refractivity contribution in [2.45, 2.75) is 13.3 Å². The summed E-state index contributed by atoms with van der Waals surface area (Å²) < 4.78 is 16.1. The second-order valence-corrected chi connectivity index (χ2v) is 5.81. The van der Waals surface area contributed by atoms with Crippen molar-refractivity contribution >= 4 is 22.6 Å². The Morgan fingerprint density at radius 3 is 2.64 bits per heavy atom. The molecule has 0 bridgehead atoms. The number of carbonyl (C=O) groups excluding carboxylic acids is 1. The van der Waals surface area contributed by atoms with Crippen LogP contribution in [0.4, 0.5) is 5.69 Å². The molecule has 0 amide bonds. The van der Waals surface area contributed by atoms with E-state index in [9.17, 15) is 14.9 Å². The lowest BCUT2D eigenvalue weighted by atomic mass is 10.1. The summed E-state index contributed by atoms with van der Waals surface area (Å²) in [5, 5.41) is 12.0. The fourth-order valence-corrected chi connectivity index (χ4v) is 2.79. The van der Waals surface area contributed by atoms with Crippen molar-refractivity contribution in [3.8, 4) is 17.2 Å². The van der Waals surface area contributed by atoms with Gasteiger partial charge in [-0.2, -0.15) is 0 Å². The minimum Gasteiger partial charge on any atom is -0.493 e. The average molecular weight is 382 g/mol. The largest absolute Gasteiger partial charge is 0.493 e. The predicted octanol–water partition coefficient (Wildman–Crippen LogP) is 4.05. The number of pyridine rings is 1. The number of carbonyl (C=O) groups is 1. The summed E-state index contributed by atoms with van der Waals surface area (Å²) in [6.45, 7) is 2.04. The third-order valence-electron chi connectivity index (χ3n) is 4.00. The lowest BCUT2D eigenvalue weighted by molar-refractivity contribution is -0.383. The quantitative estimate of drug-likeness (QED) is 0.345. The molecule has 2 aromatic carbocycles. The molecule has 0 atom stereocenters. The van der Waals surface area contributed by atoms with E-state index in [1.165, 1.54) is 13.2 Å². The van der Waals surface area contributed by atoms with Crippen molar-refractivity contribution in [2.75, 3.05) is 13.7 Å². The Hall–Kier alpha value is -3.68. The normalized spacial score (nSPS) is 10.5. The molecule has 0 aliphatic heterocycles. The fourth-order valence-electron chi connectivity index (χ4n) is 2.79. The summed E-state index contributed by atoms with van der Waals surface area (Å²) >= 11 is 0. The van der Waals surface area contributed by atoms with Crippen LogP contribution in [-0.2, 0) is 16.0 Å². The van der Waals surface area contributed by atoms with Gasteiger partial charge >= 0.3 is 11.7 Å². The number of nitro groups is 1. The summed E-state index contributed by atoms with van der Waals surface area (Å²) in [6.07, 6.45) is 1.66. The minimum atomic E-state index is -0.499. The number of hydrogen-bond acceptors (Lipinski definition) is 7. The summed E-state index contributed by atoms with van der Waals surface area (Å²) in [6, 6.07) is 11.3. The Labute approximate surface area is 160 Å². The van der Waals surface area contributed by atoms with Gasteiger partial charge in [-0.15, -0.1) is 0 Å². The van der Waals surface area contributed by atoms with Crippen molar-refractivity contribution < 1.29 is 23.9 Å². The zero-order valence-electron chi connectivity index (χ0n) is 15.4. The van der Waals surface area contributed by atoms with E-state index in [2.05, 4.69) is 4.98 Å². The summed E-state index contributed by atoms with van der Waals surface area (Å²) in [5.41, 5.74) is 1.00. The third kappa shape index (κ3) is 4.01. The number of benzene rings is 2. The lowest BCUT2D eigenvalue weighted by Crippen LogP contribution is -2.07. The average Bonchev–Trinajstić information content (AvgIpc) is 2.68. The molecule has 1 heterocycles. The van der Waals surface area contributed by atoms with Gasteiger partial charge in [-0.3, -0.25) is 19.9 Å². The van der Waals surface area contributed by atoms with Gasteiger partial charge < -0.3 is 14.2 Å². The molecule has 0 spiro atoms. The van der Waals surface area contributed by atoms with Crippen LogP contribution in [-0.4, -0.2) is 29.6 Å². The minimum absolute atomic E-state index is 0.0712. The van der Waals surface area contributed by atoms with Crippen molar-refractivity contribution in [3.63, 3.8) is 0 Å². The monoisotopic (exact) mass is 382 g/mol. The van der Waals surface area contributed by atoms with E-state index in [0.29, 0.717) is 34.6 Å². The van der Waals surface area contributed by atoms with Crippen molar-refractivity contribution in [1.82, 2.24) is 4.98 Å². The Balaban J connectivity index is 1.96. The first-order chi connectivity index (χ1) is 13.5. The van der Waals surface area contributed by atoms with Crippen LogP contribution in [0.2, 0.25) is 0 Å². The number of hydrogen-bond donors (Lipinski definition) is 0. The van der Waals surface area contributed by atoms with E-state index in [1.54, 1.807) is 49.5 Å². The number of fused-ring (bicyclic) bond motifs is 1. The standard InChI is InChI=1S/C20H18N2O6/c1-3-27-19(23)12-13-6-8-16(18(11-13)26-2)28-17-9-7-15-14(5-4-10-21-15)20(17)22(24)25/h4-11H,3,12H2,1-2H3. The fraction of sp³-hybridized carbons (Fsp3) is 0.200. The first kappa shape index (κ1) is 19.1. The van der Waals surface area contributed by atoms with Gasteiger partial charge in [0.1, 0.15) is 0 Å². The van der Waals surface area contributed by atoms with Crippen LogP contribution in [0.15, 0.2) is 48.7 Å². The van der Waals surface area contributed by atoms with Gasteiger partial charge in [0.05, 0.1) is 36.0 Å². The van der Waals surface area contributed by atoms with Crippen molar-refractivity contribution in [1.29, 1.82) is 0 Å². The highest BCUT2D eigenvalue weighted by molar-refractivity contribution is 5.91. The SMILES string of the molecule is CCOC(=O)Cc1ccc(Oc2ccc3ncccc3c2[N+](=O)[O-])c(OC)c1. The molecule has 3 aromatic rings. The van der Waals surface area contributed by atoms with Crippen LogP contribution in [0.5, 0.6) is 17.2 Å². The van der Waals surface area contributed by atoms with E-state index in [1.807, 2.05) is 0 Å². The van der Waals surface area contributed by atoms with Gasteiger partial charge in [-0.25, -0.2) is 0 Å². The molecule has 0 N–H and O–H groups in total. The molecule has 0 saturated carbocycles. The van der Waals surface area contributed by atoms with Crippen LogP contribution in [0.1, 0.15) is 12.5 Å². The van der Waals surface area contributed by atoms with E-state index in [0.717, 1.165) is 0 Å². The van der Waals surface area contributed by atoms with Gasteiger partial charge in [0, 0.05) is 6.20 Å². The number of aromatic nitrogens is 1. The molecular weight excluding hydrogens is 364 g/mol. The molecule has 0 unspecified atom stereocenters. The molecule has 144 valence electrons. The topological polar surface area (TPSA) is 101 Å². The Morgan fingerprint density at radius 1 is 1.14 bits per heavy atom. The highest BCUT2D eigenvalue weighted by Crippen LogP contribution is 2.40. The van der Waals surface area contributed by atoms with Crippen LogP contribution in [0.25, 0.3) is 10.9 Å². The highest BCUT2D eigenvalue weighted by atomic mass is 16.6. The van der Waals surface area contributed by atoms with Gasteiger partial charge in [-0.05, 0) is 48.9 Å². The zero-order valence-corrected chi connectivity index (χ0v) is 15.4. The number of nitrogens with zero attached hydrogens (tertiary/aromatic N) is 2. The number of esters is 1. The maximum atomic E-state index is 11.7. The Bertz CT molecular complexity index is 1030. The van der Waals surface area contributed by atoms with E-state index in [-0.39, 0.29) is 23.8 Å². The number of rotatable bonds is 7. The highest BCUT2D eigenvalue weighted by Gasteiger charge is 2.22. The van der Waals surface area contributed by atoms with Crippen LogP contribution >= 0.6 is 0 Å². The molecule has 0 saturated heterocycles. The van der Waals surface area contributed by atoms with Crippen LogP contribution in [0, 0.1) is 10.1 Å². The maximum Gasteiger partial charge on any atom is 0.320 e. The smallest absolute Gasteiger partial charge is 0.320 e. The molecule has 0 fully saturated rings. The molecule has 1 aromatic heterocycles. The summed E-state index contributed by atoms with van der Waals surface area (Å²) in [4.78, 5) is 26.9. The number of methoxy groups -OCH3 is 1. The molecule has 0 aliphatic carbocycles. The summed E-state index contributed by atoms with van der Waals surface area (Å²) in [7, 11) is 1.45. The molecule has 0 radical (unpaired) electrons.